The molecule has 0 heterocycles. The summed E-state index contributed by atoms with van der Waals surface area (Å²) >= 11 is 0. The van der Waals surface area contributed by atoms with Crippen molar-refractivity contribution >= 4 is 23.6 Å². The number of amides is 3. The molecule has 0 bridgehead atoms. The maximum atomic E-state index is 12.1. The molecule has 2 N–H and O–H groups in total. The largest absolute Gasteiger partial charge is 0.490 e. The van der Waals surface area contributed by atoms with Crippen molar-refractivity contribution < 1.29 is 28.6 Å². The zero-order valence-corrected chi connectivity index (χ0v) is 17.5. The standard InChI is InChI=1S/C22H26N2O6/c1-5-28-18-10-8-16(12-19(18)29-6-2)23-22(27)24-20(25)13-30-21(26)17-9-7-14(3)11-15(17)4/h7-12H,5-6,13H2,1-4H3,(H2,23,24,25,27). The Morgan fingerprint density at radius 3 is 2.27 bits per heavy atom. The highest BCUT2D eigenvalue weighted by molar-refractivity contribution is 6.02. The molecule has 3 amide bonds. The van der Waals surface area contributed by atoms with Gasteiger partial charge in [0.15, 0.2) is 18.1 Å². The number of esters is 1. The second-order valence-corrected chi connectivity index (χ2v) is 6.42. The molecule has 160 valence electrons. The highest BCUT2D eigenvalue weighted by Gasteiger charge is 2.15. The van der Waals surface area contributed by atoms with E-state index in [1.165, 1.54) is 0 Å². The Hall–Kier alpha value is -3.55. The average molecular weight is 414 g/mol. The van der Waals surface area contributed by atoms with Crippen molar-refractivity contribution in [2.75, 3.05) is 25.1 Å². The predicted octanol–water partition coefficient (Wildman–Crippen LogP) is 3.61. The van der Waals surface area contributed by atoms with Crippen LogP contribution in [0.1, 0.15) is 35.3 Å². The van der Waals surface area contributed by atoms with E-state index < -0.39 is 24.5 Å². The van der Waals surface area contributed by atoms with Gasteiger partial charge in [0.25, 0.3) is 5.91 Å². The smallest absolute Gasteiger partial charge is 0.338 e. The molecular weight excluding hydrogens is 388 g/mol. The van der Waals surface area contributed by atoms with Crippen molar-refractivity contribution in [1.82, 2.24) is 5.32 Å². The molecule has 2 aromatic rings. The molecule has 0 unspecified atom stereocenters. The van der Waals surface area contributed by atoms with E-state index in [0.717, 1.165) is 11.1 Å². The molecule has 8 heteroatoms. The second-order valence-electron chi connectivity index (χ2n) is 6.42. The van der Waals surface area contributed by atoms with E-state index >= 15 is 0 Å². The lowest BCUT2D eigenvalue weighted by Gasteiger charge is -2.13. The maximum Gasteiger partial charge on any atom is 0.338 e. The van der Waals surface area contributed by atoms with Crippen molar-refractivity contribution in [2.24, 2.45) is 0 Å². The summed E-state index contributed by atoms with van der Waals surface area (Å²) in [5, 5.41) is 4.64. The number of aryl methyl sites for hydroxylation is 2. The third-order valence-electron chi connectivity index (χ3n) is 3.99. The normalized spacial score (nSPS) is 10.1. The summed E-state index contributed by atoms with van der Waals surface area (Å²) in [7, 11) is 0. The summed E-state index contributed by atoms with van der Waals surface area (Å²) in [6.45, 7) is 7.71. The highest BCUT2D eigenvalue weighted by atomic mass is 16.5. The van der Waals surface area contributed by atoms with Crippen LogP contribution in [-0.2, 0) is 9.53 Å². The van der Waals surface area contributed by atoms with Crippen LogP contribution in [0.2, 0.25) is 0 Å². The molecule has 0 aromatic heterocycles. The summed E-state index contributed by atoms with van der Waals surface area (Å²) in [4.78, 5) is 36.1. The van der Waals surface area contributed by atoms with E-state index in [1.54, 1.807) is 37.3 Å². The molecule has 2 rings (SSSR count). The lowest BCUT2D eigenvalue weighted by molar-refractivity contribution is -0.123. The molecule has 0 aliphatic carbocycles. The Kier molecular flexibility index (Phi) is 8.22. The van der Waals surface area contributed by atoms with Crippen LogP contribution < -0.4 is 20.1 Å². The van der Waals surface area contributed by atoms with Gasteiger partial charge in [0.05, 0.1) is 18.8 Å². The van der Waals surface area contributed by atoms with Crippen molar-refractivity contribution in [3.8, 4) is 11.5 Å². The van der Waals surface area contributed by atoms with Crippen LogP contribution in [0.5, 0.6) is 11.5 Å². The van der Waals surface area contributed by atoms with E-state index in [2.05, 4.69) is 10.6 Å². The number of carbonyl (C=O) groups excluding carboxylic acids is 3. The first kappa shape index (κ1) is 22.7. The second kappa shape index (κ2) is 10.8. The fourth-order valence-corrected chi connectivity index (χ4v) is 2.71. The number of nitrogens with one attached hydrogen (secondary N) is 2. The van der Waals surface area contributed by atoms with Crippen molar-refractivity contribution in [1.29, 1.82) is 0 Å². The molecule has 8 nitrogen and oxygen atoms in total. The van der Waals surface area contributed by atoms with Gasteiger partial charge in [-0.3, -0.25) is 10.1 Å². The fourth-order valence-electron chi connectivity index (χ4n) is 2.71. The van der Waals surface area contributed by atoms with Gasteiger partial charge < -0.3 is 19.5 Å². The van der Waals surface area contributed by atoms with Crippen LogP contribution in [0.15, 0.2) is 36.4 Å². The summed E-state index contributed by atoms with van der Waals surface area (Å²) in [6, 6.07) is 9.39. The van der Waals surface area contributed by atoms with Gasteiger partial charge in [-0.05, 0) is 51.5 Å². The van der Waals surface area contributed by atoms with Gasteiger partial charge in [0.2, 0.25) is 0 Å². The van der Waals surface area contributed by atoms with Gasteiger partial charge in [-0.15, -0.1) is 0 Å². The minimum atomic E-state index is -0.755. The number of rotatable bonds is 8. The molecule has 0 spiro atoms. The number of hydrogen-bond donors (Lipinski definition) is 2. The Morgan fingerprint density at radius 2 is 1.60 bits per heavy atom. The lowest BCUT2D eigenvalue weighted by atomic mass is 10.1. The molecule has 0 radical (unpaired) electrons. The van der Waals surface area contributed by atoms with Gasteiger partial charge in [-0.1, -0.05) is 17.7 Å². The van der Waals surface area contributed by atoms with Crippen LogP contribution in [0.4, 0.5) is 10.5 Å². The molecule has 0 aliphatic rings. The first-order valence-electron chi connectivity index (χ1n) is 9.58. The quantitative estimate of drug-likeness (QED) is 0.640. The van der Waals surface area contributed by atoms with E-state index in [9.17, 15) is 14.4 Å². The highest BCUT2D eigenvalue weighted by Crippen LogP contribution is 2.30. The zero-order chi connectivity index (χ0) is 22.1. The van der Waals surface area contributed by atoms with Crippen LogP contribution >= 0.6 is 0 Å². The first-order chi connectivity index (χ1) is 14.3. The molecule has 30 heavy (non-hydrogen) atoms. The number of benzene rings is 2. The van der Waals surface area contributed by atoms with Gasteiger partial charge in [-0.2, -0.15) is 0 Å². The molecule has 0 fully saturated rings. The summed E-state index contributed by atoms with van der Waals surface area (Å²) in [5.41, 5.74) is 2.55. The predicted molar refractivity (Wildman–Crippen MR) is 112 cm³/mol. The van der Waals surface area contributed by atoms with E-state index in [-0.39, 0.29) is 0 Å². The number of hydrogen-bond acceptors (Lipinski definition) is 6. The number of imide groups is 1. The lowest BCUT2D eigenvalue weighted by Crippen LogP contribution is -2.37. The maximum absolute atomic E-state index is 12.1. The monoisotopic (exact) mass is 414 g/mol. The molecule has 0 atom stereocenters. The van der Waals surface area contributed by atoms with Crippen molar-refractivity contribution in [3.63, 3.8) is 0 Å². The minimum Gasteiger partial charge on any atom is -0.490 e. The van der Waals surface area contributed by atoms with Crippen LogP contribution in [-0.4, -0.2) is 37.7 Å². The Labute approximate surface area is 175 Å². The SMILES string of the molecule is CCOc1ccc(NC(=O)NC(=O)COC(=O)c2ccc(C)cc2C)cc1OCC. The number of anilines is 1. The van der Waals surface area contributed by atoms with E-state index in [1.807, 2.05) is 26.8 Å². The van der Waals surface area contributed by atoms with Gasteiger partial charge >= 0.3 is 12.0 Å². The Bertz CT molecular complexity index is 926. The third kappa shape index (κ3) is 6.51. The Balaban J connectivity index is 1.89. The number of ether oxygens (including phenoxy) is 3. The van der Waals surface area contributed by atoms with Gasteiger partial charge in [-0.25, -0.2) is 9.59 Å². The van der Waals surface area contributed by atoms with Gasteiger partial charge in [0.1, 0.15) is 0 Å². The molecule has 0 saturated heterocycles. The molecule has 0 saturated carbocycles. The summed E-state index contributed by atoms with van der Waals surface area (Å²) < 4.78 is 15.9. The van der Waals surface area contributed by atoms with E-state index in [4.69, 9.17) is 14.2 Å². The van der Waals surface area contributed by atoms with Crippen LogP contribution in [0.3, 0.4) is 0 Å². The van der Waals surface area contributed by atoms with Gasteiger partial charge in [0, 0.05) is 11.8 Å². The van der Waals surface area contributed by atoms with E-state index in [0.29, 0.717) is 36.0 Å². The molecular formula is C22H26N2O6. The first-order valence-corrected chi connectivity index (χ1v) is 9.58. The fraction of sp³-hybridized carbons (Fsp3) is 0.318. The van der Waals surface area contributed by atoms with Crippen LogP contribution in [0.25, 0.3) is 0 Å². The van der Waals surface area contributed by atoms with Crippen molar-refractivity contribution in [3.05, 3.63) is 53.1 Å². The average Bonchev–Trinajstić information content (AvgIpc) is 2.68. The zero-order valence-electron chi connectivity index (χ0n) is 17.5. The third-order valence-corrected chi connectivity index (χ3v) is 3.99. The minimum absolute atomic E-state index is 0.371. The summed E-state index contributed by atoms with van der Waals surface area (Å²) in [6.07, 6.45) is 0. The van der Waals surface area contributed by atoms with Crippen LogP contribution in [0, 0.1) is 13.8 Å². The number of urea groups is 1. The number of carbonyl (C=O) groups is 3. The molecule has 2 aromatic carbocycles. The summed E-state index contributed by atoms with van der Waals surface area (Å²) in [5.74, 6) is -0.344. The Morgan fingerprint density at radius 1 is 0.900 bits per heavy atom. The topological polar surface area (TPSA) is 103 Å². The molecule has 0 aliphatic heterocycles. The van der Waals surface area contributed by atoms with Crippen molar-refractivity contribution in [2.45, 2.75) is 27.7 Å².